The van der Waals surface area contributed by atoms with Gasteiger partial charge in [-0.2, -0.15) is 0 Å². The number of thiazole rings is 1. The van der Waals surface area contributed by atoms with E-state index in [9.17, 15) is 23.6 Å². The van der Waals surface area contributed by atoms with Gasteiger partial charge in [0.1, 0.15) is 0 Å². The standard InChI is InChI=1S/C25H19FN6O8S/c26-15-13-28-22(29-14-15)32-12-11-31(10-9-27-23-30-16-3-1-2-4-17(16)41-23)24(37-18(33)5-6-19(34)38-24)25(32)39-20(35)7-8-21(36)40-25/h1-8,13-14H,9-12H2,(H,27,30). The lowest BCUT2D eigenvalue weighted by atomic mass is 10.1. The van der Waals surface area contributed by atoms with Crippen molar-refractivity contribution in [1.82, 2.24) is 19.9 Å². The summed E-state index contributed by atoms with van der Waals surface area (Å²) in [6, 6.07) is 7.55. The number of benzene rings is 1. The van der Waals surface area contributed by atoms with E-state index in [2.05, 4.69) is 20.3 Å². The van der Waals surface area contributed by atoms with Gasteiger partial charge in [-0.15, -0.1) is 0 Å². The second kappa shape index (κ2) is 10.2. The Morgan fingerprint density at radius 3 is 2.05 bits per heavy atom. The van der Waals surface area contributed by atoms with E-state index in [0.29, 0.717) is 5.13 Å². The highest BCUT2D eigenvalue weighted by Crippen LogP contribution is 2.45. The normalized spacial score (nSPS) is 19.9. The molecule has 0 saturated carbocycles. The number of piperazine rings is 1. The molecule has 41 heavy (non-hydrogen) atoms. The third-order valence-electron chi connectivity index (χ3n) is 6.23. The summed E-state index contributed by atoms with van der Waals surface area (Å²) in [5.74, 6) is -10.8. The Balaban J connectivity index is 1.41. The van der Waals surface area contributed by atoms with Gasteiger partial charge in [0.2, 0.25) is 5.95 Å². The van der Waals surface area contributed by atoms with Crippen molar-refractivity contribution in [3.8, 4) is 0 Å². The van der Waals surface area contributed by atoms with Crippen LogP contribution in [0.5, 0.6) is 0 Å². The molecular weight excluding hydrogens is 563 g/mol. The average Bonchev–Trinajstić information content (AvgIpc) is 3.21. The second-order valence-electron chi connectivity index (χ2n) is 8.77. The van der Waals surface area contributed by atoms with E-state index in [1.54, 1.807) is 0 Å². The van der Waals surface area contributed by atoms with E-state index in [4.69, 9.17) is 18.9 Å². The molecular formula is C25H19FN6O8S. The van der Waals surface area contributed by atoms with Crippen molar-refractivity contribution in [3.63, 3.8) is 0 Å². The second-order valence-corrected chi connectivity index (χ2v) is 9.80. The van der Waals surface area contributed by atoms with Crippen LogP contribution in [0.2, 0.25) is 0 Å². The first-order chi connectivity index (χ1) is 19.8. The highest BCUT2D eigenvalue weighted by molar-refractivity contribution is 7.22. The summed E-state index contributed by atoms with van der Waals surface area (Å²) in [6.45, 7) is 0.0387. The van der Waals surface area contributed by atoms with Gasteiger partial charge in [-0.1, -0.05) is 23.5 Å². The first kappa shape index (κ1) is 26.3. The SMILES string of the molecule is O=C1C=CC(=O)OC2(O1)N(CCNc1nc3ccccc3s1)CCN(c1ncc(F)cn1)C21OC(=O)C=CC(=O)O1. The molecule has 1 fully saturated rings. The van der Waals surface area contributed by atoms with Crippen LogP contribution >= 0.6 is 11.3 Å². The summed E-state index contributed by atoms with van der Waals surface area (Å²) < 4.78 is 37.2. The highest BCUT2D eigenvalue weighted by Gasteiger charge is 2.75. The summed E-state index contributed by atoms with van der Waals surface area (Å²) in [7, 11) is 0. The van der Waals surface area contributed by atoms with Gasteiger partial charge in [0.25, 0.3) is 0 Å². The molecule has 6 rings (SSSR count). The number of para-hydroxylation sites is 1. The van der Waals surface area contributed by atoms with Crippen molar-refractivity contribution >= 4 is 56.5 Å². The predicted octanol–water partition coefficient (Wildman–Crippen LogP) is 1.08. The summed E-state index contributed by atoms with van der Waals surface area (Å²) in [4.78, 5) is 66.0. The molecule has 3 aliphatic rings. The van der Waals surface area contributed by atoms with Gasteiger partial charge in [-0.25, -0.2) is 43.4 Å². The molecule has 210 valence electrons. The molecule has 1 aromatic carbocycles. The number of carbonyl (C=O) groups is 4. The van der Waals surface area contributed by atoms with Crippen LogP contribution < -0.4 is 10.2 Å². The maximum Gasteiger partial charge on any atom is 0.445 e. The fourth-order valence-electron chi connectivity index (χ4n) is 4.56. The van der Waals surface area contributed by atoms with Gasteiger partial charge in [0, 0.05) is 50.5 Å². The monoisotopic (exact) mass is 582 g/mol. The zero-order valence-corrected chi connectivity index (χ0v) is 21.7. The van der Waals surface area contributed by atoms with Gasteiger partial charge in [0.05, 0.1) is 22.6 Å². The third-order valence-corrected chi connectivity index (χ3v) is 7.23. The molecule has 5 heterocycles. The van der Waals surface area contributed by atoms with E-state index in [1.807, 2.05) is 24.3 Å². The molecule has 3 aromatic rings. The van der Waals surface area contributed by atoms with Crippen LogP contribution in [0.15, 0.2) is 61.0 Å². The van der Waals surface area contributed by atoms with Crippen LogP contribution in [0.1, 0.15) is 0 Å². The van der Waals surface area contributed by atoms with Crippen molar-refractivity contribution in [2.24, 2.45) is 0 Å². The molecule has 0 atom stereocenters. The highest BCUT2D eigenvalue weighted by atomic mass is 32.1. The van der Waals surface area contributed by atoms with Crippen LogP contribution in [0.25, 0.3) is 10.2 Å². The van der Waals surface area contributed by atoms with Gasteiger partial charge in [0.15, 0.2) is 10.9 Å². The van der Waals surface area contributed by atoms with E-state index >= 15 is 0 Å². The van der Waals surface area contributed by atoms with Crippen LogP contribution in [-0.2, 0) is 38.1 Å². The number of rotatable bonds is 5. The number of ether oxygens (including phenoxy) is 4. The third kappa shape index (κ3) is 4.72. The summed E-state index contributed by atoms with van der Waals surface area (Å²) in [5, 5.41) is 3.77. The molecule has 0 radical (unpaired) electrons. The maximum absolute atomic E-state index is 13.7. The molecule has 0 unspecified atom stereocenters. The maximum atomic E-state index is 13.7. The fourth-order valence-corrected chi connectivity index (χ4v) is 5.45. The number of halogens is 1. The van der Waals surface area contributed by atoms with E-state index in [0.717, 1.165) is 51.8 Å². The van der Waals surface area contributed by atoms with Gasteiger partial charge >= 0.3 is 35.7 Å². The van der Waals surface area contributed by atoms with E-state index in [-0.39, 0.29) is 32.1 Å². The lowest BCUT2D eigenvalue weighted by Gasteiger charge is -2.55. The quantitative estimate of drug-likeness (QED) is 0.425. The fraction of sp³-hybridized carbons (Fsp3) is 0.240. The lowest BCUT2D eigenvalue weighted by molar-refractivity contribution is -0.415. The van der Waals surface area contributed by atoms with E-state index in [1.165, 1.54) is 16.2 Å². The van der Waals surface area contributed by atoms with Crippen LogP contribution in [0.3, 0.4) is 0 Å². The molecule has 0 aliphatic carbocycles. The number of fused-ring (bicyclic) bond motifs is 2. The first-order valence-electron chi connectivity index (χ1n) is 12.2. The number of hydrogen-bond acceptors (Lipinski definition) is 15. The zero-order chi connectivity index (χ0) is 28.6. The lowest BCUT2D eigenvalue weighted by Crippen LogP contribution is -2.81. The van der Waals surface area contributed by atoms with Crippen molar-refractivity contribution in [2.75, 3.05) is 36.4 Å². The van der Waals surface area contributed by atoms with Gasteiger partial charge < -0.3 is 24.3 Å². The summed E-state index contributed by atoms with van der Waals surface area (Å²) in [6.07, 6.45) is 4.88. The van der Waals surface area contributed by atoms with Crippen molar-refractivity contribution < 1.29 is 42.5 Å². The van der Waals surface area contributed by atoms with Crippen LogP contribution in [0, 0.1) is 5.82 Å². The molecule has 14 nitrogen and oxygen atoms in total. The summed E-state index contributed by atoms with van der Waals surface area (Å²) >= 11 is 1.41. The molecule has 2 spiro atoms. The van der Waals surface area contributed by atoms with E-state index < -0.39 is 41.5 Å². The number of nitrogens with one attached hydrogen (secondary N) is 1. The van der Waals surface area contributed by atoms with Crippen LogP contribution in [0.4, 0.5) is 15.5 Å². The molecule has 2 aromatic heterocycles. The Bertz CT molecular complexity index is 1540. The minimum Gasteiger partial charge on any atom is -0.397 e. The minimum atomic E-state index is -2.78. The van der Waals surface area contributed by atoms with Gasteiger partial charge in [-0.3, -0.25) is 4.90 Å². The average molecular weight is 583 g/mol. The number of aromatic nitrogens is 3. The van der Waals surface area contributed by atoms with Crippen molar-refractivity contribution in [1.29, 1.82) is 0 Å². The largest absolute Gasteiger partial charge is 0.445 e. The smallest absolute Gasteiger partial charge is 0.397 e. The zero-order valence-electron chi connectivity index (χ0n) is 20.9. The topological polar surface area (TPSA) is 162 Å². The van der Waals surface area contributed by atoms with Crippen molar-refractivity contribution in [3.05, 3.63) is 66.8 Å². The Morgan fingerprint density at radius 1 is 0.854 bits per heavy atom. The molecule has 1 N–H and O–H groups in total. The minimum absolute atomic E-state index is 0.00111. The Kier molecular flexibility index (Phi) is 6.55. The van der Waals surface area contributed by atoms with Crippen LogP contribution in [-0.4, -0.2) is 81.7 Å². The molecule has 0 amide bonds. The number of carbonyl (C=O) groups excluding carboxylic acids is 4. The van der Waals surface area contributed by atoms with Gasteiger partial charge in [-0.05, 0) is 12.1 Å². The number of anilines is 2. The predicted molar refractivity (Wildman–Crippen MR) is 137 cm³/mol. The first-order valence-corrected chi connectivity index (χ1v) is 13.0. The van der Waals surface area contributed by atoms with Crippen molar-refractivity contribution in [2.45, 2.75) is 11.8 Å². The Hall–Kier alpha value is -4.96. The molecule has 0 bridgehead atoms. The molecule has 1 saturated heterocycles. The molecule has 16 heteroatoms. The molecule has 3 aliphatic heterocycles. The Morgan fingerprint density at radius 2 is 1.44 bits per heavy atom. The number of esters is 4. The number of hydrogen-bond donors (Lipinski definition) is 1. The Labute approximate surface area is 234 Å². The number of nitrogens with zero attached hydrogens (tertiary/aromatic N) is 5. The summed E-state index contributed by atoms with van der Waals surface area (Å²) in [5.41, 5.74) is 0.797.